The quantitative estimate of drug-likeness (QED) is 0.0683. The Morgan fingerprint density at radius 1 is 0.247 bits per heavy atom. The van der Waals surface area contributed by atoms with Crippen molar-refractivity contribution in [1.29, 1.82) is 0 Å². The minimum absolute atomic E-state index is 0.263. The van der Waals surface area contributed by atoms with E-state index >= 15 is 0 Å². The Labute approximate surface area is 494 Å². The molecule has 0 fully saturated rings. The van der Waals surface area contributed by atoms with Gasteiger partial charge in [-0.25, -0.2) is 65.9 Å². The minimum atomic E-state index is -4.35. The summed E-state index contributed by atoms with van der Waals surface area (Å²) in [7, 11) is 0. The van der Waals surface area contributed by atoms with E-state index in [9.17, 15) is 79.0 Å². The van der Waals surface area contributed by atoms with Crippen molar-refractivity contribution in [1.82, 2.24) is 0 Å². The first kappa shape index (κ1) is 61.6. The minimum Gasteiger partial charge on any atom is -0.318 e. The molecule has 0 radical (unpaired) electrons. The second kappa shape index (κ2) is 25.1. The maximum atomic E-state index is 14.6. The molecule has 0 heterocycles. The SMILES string of the molecule is C=CN(c1ccccc1)c1cccc(C(F)(F)F)c1.Fc1c(F)c(F)c(-c2ccc(-c3ccc(N(c4ccc(-c5ccc(-c6c(F)c(F)c(F)c(F)c6F)cc5)cc4)c4ccc(-c5ccc(-c6c(F)c(F)c(F)c(F)c6F)cc5)cc4)cc3)cc2)c(F)c1F. The Bertz CT molecular complexity index is 3980. The Morgan fingerprint density at radius 2 is 0.483 bits per heavy atom. The third-order valence-corrected chi connectivity index (χ3v) is 14.2. The topological polar surface area (TPSA) is 6.48 Å². The molecule has 0 atom stereocenters. The van der Waals surface area contributed by atoms with Crippen LogP contribution in [0.3, 0.4) is 0 Å². The molecular weight excluding hydrogens is 1200 g/mol. The highest BCUT2D eigenvalue weighted by Gasteiger charge is 2.32. The molecule has 20 heteroatoms. The van der Waals surface area contributed by atoms with Gasteiger partial charge in [-0.2, -0.15) is 13.2 Å². The molecule has 0 aromatic heterocycles. The summed E-state index contributed by atoms with van der Waals surface area (Å²) in [6, 6.07) is 50.7. The van der Waals surface area contributed by atoms with Gasteiger partial charge in [-0.05, 0) is 117 Å². The monoisotopic (exact) mass is 1230 g/mol. The van der Waals surface area contributed by atoms with Gasteiger partial charge in [0.1, 0.15) is 0 Å². The van der Waals surface area contributed by atoms with Crippen molar-refractivity contribution in [2.75, 3.05) is 9.80 Å². The van der Waals surface area contributed by atoms with Gasteiger partial charge < -0.3 is 9.80 Å². The second-order valence-corrected chi connectivity index (χ2v) is 19.5. The number of hydrogen-bond donors (Lipinski definition) is 0. The van der Waals surface area contributed by atoms with E-state index in [0.717, 1.165) is 17.8 Å². The third kappa shape index (κ3) is 12.0. The fourth-order valence-corrected chi connectivity index (χ4v) is 9.70. The van der Waals surface area contributed by atoms with Crippen LogP contribution in [0.5, 0.6) is 0 Å². The molecule has 0 N–H and O–H groups in total. The van der Waals surface area contributed by atoms with Gasteiger partial charge in [-0.3, -0.25) is 0 Å². The van der Waals surface area contributed by atoms with E-state index in [2.05, 4.69) is 6.58 Å². The number of rotatable bonds is 12. The first-order valence-corrected chi connectivity index (χ1v) is 26.1. The fraction of sp³-hybridized carbons (Fsp3) is 0.0145. The van der Waals surface area contributed by atoms with E-state index < -0.39 is 116 Å². The highest BCUT2D eigenvalue weighted by atomic mass is 19.4. The van der Waals surface area contributed by atoms with Crippen molar-refractivity contribution in [3.8, 4) is 66.8 Å². The zero-order valence-electron chi connectivity index (χ0n) is 45.0. The molecule has 0 saturated heterocycles. The van der Waals surface area contributed by atoms with Gasteiger partial charge in [-0.1, -0.05) is 140 Å². The number of hydrogen-bond acceptors (Lipinski definition) is 2. The summed E-state index contributed by atoms with van der Waals surface area (Å²) in [5.74, 6) is -31.3. The predicted molar refractivity (Wildman–Crippen MR) is 303 cm³/mol. The molecular formula is C69H36F18N2. The Morgan fingerprint density at radius 3 is 0.742 bits per heavy atom. The molecule has 11 rings (SSSR count). The van der Waals surface area contributed by atoms with E-state index in [-0.39, 0.29) is 16.7 Å². The van der Waals surface area contributed by atoms with Crippen LogP contribution in [0.1, 0.15) is 5.56 Å². The molecule has 2 nitrogen and oxygen atoms in total. The van der Waals surface area contributed by atoms with E-state index in [1.165, 1.54) is 85.1 Å². The fourth-order valence-electron chi connectivity index (χ4n) is 9.70. The largest absolute Gasteiger partial charge is 0.416 e. The van der Waals surface area contributed by atoms with Crippen molar-refractivity contribution in [2.24, 2.45) is 0 Å². The molecule has 0 unspecified atom stereocenters. The predicted octanol–water partition coefficient (Wildman–Crippen LogP) is 22.2. The molecule has 0 aliphatic carbocycles. The average molecular weight is 1240 g/mol. The summed E-state index contributed by atoms with van der Waals surface area (Å²) in [4.78, 5) is 3.43. The van der Waals surface area contributed by atoms with Crippen LogP contribution in [0, 0.1) is 87.3 Å². The molecule has 0 spiro atoms. The molecule has 0 aliphatic rings. The van der Waals surface area contributed by atoms with Crippen molar-refractivity contribution in [2.45, 2.75) is 6.18 Å². The third-order valence-electron chi connectivity index (χ3n) is 14.2. The Hall–Kier alpha value is -10.5. The van der Waals surface area contributed by atoms with Gasteiger partial charge in [-0.15, -0.1) is 0 Å². The van der Waals surface area contributed by atoms with E-state index in [4.69, 9.17) is 0 Å². The van der Waals surface area contributed by atoms with Crippen LogP contribution in [0.25, 0.3) is 66.8 Å². The van der Waals surface area contributed by atoms with Crippen LogP contribution in [0.15, 0.2) is 213 Å². The normalized spacial score (nSPS) is 11.3. The average Bonchev–Trinajstić information content (AvgIpc) is 1.31. The van der Waals surface area contributed by atoms with Gasteiger partial charge >= 0.3 is 6.18 Å². The van der Waals surface area contributed by atoms with E-state index in [1.54, 1.807) is 83.8 Å². The summed E-state index contributed by atoms with van der Waals surface area (Å²) in [6.45, 7) is 3.65. The lowest BCUT2D eigenvalue weighted by atomic mass is 9.98. The molecule has 89 heavy (non-hydrogen) atoms. The first-order chi connectivity index (χ1) is 42.5. The number of nitrogens with zero attached hydrogens (tertiary/aromatic N) is 2. The molecule has 448 valence electrons. The Kier molecular flexibility index (Phi) is 17.3. The van der Waals surface area contributed by atoms with Gasteiger partial charge in [0.25, 0.3) is 0 Å². The molecule has 0 aliphatic heterocycles. The molecule has 0 saturated carbocycles. The highest BCUT2D eigenvalue weighted by Crippen LogP contribution is 2.41. The lowest BCUT2D eigenvalue weighted by molar-refractivity contribution is -0.137. The van der Waals surface area contributed by atoms with Gasteiger partial charge in [0.2, 0.25) is 17.5 Å². The van der Waals surface area contributed by atoms with Gasteiger partial charge in [0, 0.05) is 34.6 Å². The molecule has 11 aromatic carbocycles. The van der Waals surface area contributed by atoms with Crippen molar-refractivity contribution < 1.29 is 79.0 Å². The highest BCUT2D eigenvalue weighted by molar-refractivity contribution is 5.82. The Balaban J connectivity index is 0.000000391. The van der Waals surface area contributed by atoms with E-state index in [1.807, 2.05) is 35.2 Å². The summed E-state index contributed by atoms with van der Waals surface area (Å²) in [5.41, 5.74) is 1.46. The standard InChI is InChI=1S/C54H24F15N.C15H12F3N/c55-40-37(41(56)47(62)52(67)46(40)61)31-7-1-25(2-8-31)28-13-19-34(20-14-28)70(35-21-15-29(16-22-35)26-3-9-32(10-4-26)38-42(57)48(63)53(68)49(64)43(38)58)36-23-17-30(18-24-36)27-5-11-33(12-6-27)39-44(59)50(65)54(69)51(66)45(39)60;1-2-19(13-8-4-3-5-9-13)14-10-6-7-12(11-14)15(16,17)18/h1-24H;2-11H,1H2. The van der Waals surface area contributed by atoms with Crippen molar-refractivity contribution >= 4 is 28.4 Å². The van der Waals surface area contributed by atoms with E-state index in [0.29, 0.717) is 56.1 Å². The van der Waals surface area contributed by atoms with Gasteiger partial charge in [0.15, 0.2) is 69.8 Å². The zero-order chi connectivity index (χ0) is 63.7. The van der Waals surface area contributed by atoms with Crippen LogP contribution < -0.4 is 9.80 Å². The van der Waals surface area contributed by atoms with Crippen LogP contribution in [-0.4, -0.2) is 0 Å². The lowest BCUT2D eigenvalue weighted by Gasteiger charge is -2.26. The summed E-state index contributed by atoms with van der Waals surface area (Å²) in [5, 5.41) is 0. The van der Waals surface area contributed by atoms with Crippen LogP contribution in [0.4, 0.5) is 107 Å². The molecule has 11 aromatic rings. The summed E-state index contributed by atoms with van der Waals surface area (Å²) < 4.78 is 250. The molecule has 0 amide bonds. The first-order valence-electron chi connectivity index (χ1n) is 26.1. The number of halogens is 18. The maximum Gasteiger partial charge on any atom is 0.416 e. The van der Waals surface area contributed by atoms with Crippen LogP contribution in [-0.2, 0) is 6.18 Å². The number of para-hydroxylation sites is 1. The lowest BCUT2D eigenvalue weighted by Crippen LogP contribution is -2.10. The smallest absolute Gasteiger partial charge is 0.318 e. The summed E-state index contributed by atoms with van der Waals surface area (Å²) >= 11 is 0. The van der Waals surface area contributed by atoms with Crippen molar-refractivity contribution in [3.05, 3.63) is 306 Å². The zero-order valence-corrected chi connectivity index (χ0v) is 45.0. The second-order valence-electron chi connectivity index (χ2n) is 19.5. The number of benzene rings is 11. The number of anilines is 5. The van der Waals surface area contributed by atoms with Crippen LogP contribution >= 0.6 is 0 Å². The van der Waals surface area contributed by atoms with Crippen LogP contribution in [0.2, 0.25) is 0 Å². The van der Waals surface area contributed by atoms with Crippen molar-refractivity contribution in [3.63, 3.8) is 0 Å². The van der Waals surface area contributed by atoms with Gasteiger partial charge in [0.05, 0.1) is 22.3 Å². The number of alkyl halides is 3. The molecule has 0 bridgehead atoms. The maximum absolute atomic E-state index is 14.6. The summed E-state index contributed by atoms with van der Waals surface area (Å²) in [6.07, 6.45) is -2.86.